The SMILES string of the molecule is Fc1ccc(N(c2ccccc2)c2cc3c4ccccc4c(Nc4ccccc4)cc3c3ccccc23)cc1. The summed E-state index contributed by atoms with van der Waals surface area (Å²) in [5, 5.41) is 10.6. The summed E-state index contributed by atoms with van der Waals surface area (Å²) in [6.07, 6.45) is 0. The Hall–Kier alpha value is -5.15. The van der Waals surface area contributed by atoms with E-state index in [1.807, 2.05) is 48.5 Å². The molecule has 0 aliphatic carbocycles. The van der Waals surface area contributed by atoms with E-state index in [0.29, 0.717) is 0 Å². The molecule has 0 heterocycles. The first-order chi connectivity index (χ1) is 19.3. The minimum Gasteiger partial charge on any atom is -0.355 e. The van der Waals surface area contributed by atoms with Crippen LogP contribution in [0.2, 0.25) is 0 Å². The summed E-state index contributed by atoms with van der Waals surface area (Å²) in [7, 11) is 0. The second kappa shape index (κ2) is 9.62. The molecule has 0 aliphatic rings. The van der Waals surface area contributed by atoms with Gasteiger partial charge in [0.1, 0.15) is 5.82 Å². The van der Waals surface area contributed by atoms with E-state index in [1.54, 1.807) is 0 Å². The van der Waals surface area contributed by atoms with Gasteiger partial charge < -0.3 is 10.2 Å². The van der Waals surface area contributed by atoms with Crippen molar-refractivity contribution in [3.63, 3.8) is 0 Å². The zero-order valence-corrected chi connectivity index (χ0v) is 21.2. The summed E-state index contributed by atoms with van der Waals surface area (Å²) in [4.78, 5) is 2.21. The van der Waals surface area contributed by atoms with E-state index in [4.69, 9.17) is 0 Å². The van der Waals surface area contributed by atoms with E-state index < -0.39 is 0 Å². The Morgan fingerprint density at radius 1 is 0.436 bits per heavy atom. The molecule has 0 saturated carbocycles. The molecule has 0 aromatic heterocycles. The number of fused-ring (bicyclic) bond motifs is 5. The van der Waals surface area contributed by atoms with Crippen molar-refractivity contribution < 1.29 is 4.39 Å². The lowest BCUT2D eigenvalue weighted by atomic mass is 9.94. The second-order valence-corrected chi connectivity index (χ2v) is 9.64. The van der Waals surface area contributed by atoms with Crippen LogP contribution in [-0.4, -0.2) is 0 Å². The molecule has 186 valence electrons. The molecule has 0 fully saturated rings. The van der Waals surface area contributed by atoms with Crippen molar-refractivity contribution in [3.05, 3.63) is 151 Å². The molecule has 3 heteroatoms. The zero-order chi connectivity index (χ0) is 26.2. The number of rotatable bonds is 5. The van der Waals surface area contributed by atoms with Crippen LogP contribution >= 0.6 is 0 Å². The van der Waals surface area contributed by atoms with Crippen molar-refractivity contribution in [2.75, 3.05) is 10.2 Å². The van der Waals surface area contributed by atoms with Crippen LogP contribution < -0.4 is 10.2 Å². The Morgan fingerprint density at radius 2 is 0.949 bits per heavy atom. The van der Waals surface area contributed by atoms with Gasteiger partial charge in [0, 0.05) is 33.5 Å². The highest BCUT2D eigenvalue weighted by molar-refractivity contribution is 6.24. The molecule has 1 N–H and O–H groups in total. The predicted octanol–water partition coefficient (Wildman–Crippen LogP) is 10.5. The molecule has 0 spiro atoms. The molecule has 0 atom stereocenters. The number of hydrogen-bond donors (Lipinski definition) is 1. The number of hydrogen-bond acceptors (Lipinski definition) is 2. The molecule has 2 nitrogen and oxygen atoms in total. The van der Waals surface area contributed by atoms with Gasteiger partial charge in [-0.05, 0) is 82.2 Å². The number of para-hydroxylation sites is 2. The van der Waals surface area contributed by atoms with E-state index in [-0.39, 0.29) is 5.82 Å². The van der Waals surface area contributed by atoms with Crippen molar-refractivity contribution in [2.24, 2.45) is 0 Å². The molecule has 0 unspecified atom stereocenters. The first-order valence-electron chi connectivity index (χ1n) is 13.1. The average molecular weight is 505 g/mol. The highest BCUT2D eigenvalue weighted by atomic mass is 19.1. The topological polar surface area (TPSA) is 15.3 Å². The Kier molecular flexibility index (Phi) is 5.68. The highest BCUT2D eigenvalue weighted by Crippen LogP contribution is 2.45. The molecular weight excluding hydrogens is 479 g/mol. The smallest absolute Gasteiger partial charge is 0.123 e. The molecule has 7 rings (SSSR count). The van der Waals surface area contributed by atoms with E-state index in [2.05, 4.69) is 95.1 Å². The number of benzene rings is 7. The molecule has 7 aromatic carbocycles. The highest BCUT2D eigenvalue weighted by Gasteiger charge is 2.19. The average Bonchev–Trinajstić information content (AvgIpc) is 3.00. The van der Waals surface area contributed by atoms with E-state index in [9.17, 15) is 4.39 Å². The maximum atomic E-state index is 14.0. The maximum absolute atomic E-state index is 14.0. The lowest BCUT2D eigenvalue weighted by molar-refractivity contribution is 0.628. The number of halogens is 1. The fraction of sp³-hybridized carbons (Fsp3) is 0. The zero-order valence-electron chi connectivity index (χ0n) is 21.2. The molecule has 7 aromatic rings. The molecule has 0 aliphatic heterocycles. The van der Waals surface area contributed by atoms with Crippen LogP contribution in [0, 0.1) is 5.82 Å². The van der Waals surface area contributed by atoms with Crippen LogP contribution in [0.25, 0.3) is 32.3 Å². The fourth-order valence-corrected chi connectivity index (χ4v) is 5.49. The molecule has 39 heavy (non-hydrogen) atoms. The van der Waals surface area contributed by atoms with Gasteiger partial charge in [0.25, 0.3) is 0 Å². The van der Waals surface area contributed by atoms with Crippen LogP contribution in [-0.2, 0) is 0 Å². The molecule has 0 radical (unpaired) electrons. The van der Waals surface area contributed by atoms with Crippen molar-refractivity contribution in [2.45, 2.75) is 0 Å². The lowest BCUT2D eigenvalue weighted by Crippen LogP contribution is -2.10. The standard InChI is InChI=1S/C36H25FN2/c37-25-19-21-28(22-20-25)39(27-13-5-2-6-14-27)36-24-34-29-15-7-9-17-31(29)35(38-26-11-3-1-4-12-26)23-33(34)30-16-8-10-18-32(30)36/h1-24,38H. The quantitative estimate of drug-likeness (QED) is 0.235. The minimum absolute atomic E-state index is 0.250. The summed E-state index contributed by atoms with van der Waals surface area (Å²) < 4.78 is 14.0. The Labute approximate surface area is 226 Å². The van der Waals surface area contributed by atoms with Crippen LogP contribution in [0.15, 0.2) is 146 Å². The first kappa shape index (κ1) is 23.0. The minimum atomic E-state index is -0.250. The Morgan fingerprint density at radius 3 is 1.64 bits per heavy atom. The van der Waals surface area contributed by atoms with Crippen LogP contribution in [0.4, 0.5) is 32.8 Å². The number of nitrogens with one attached hydrogen (secondary N) is 1. The maximum Gasteiger partial charge on any atom is 0.123 e. The normalized spacial score (nSPS) is 11.2. The molecule has 0 bridgehead atoms. The largest absolute Gasteiger partial charge is 0.355 e. The van der Waals surface area contributed by atoms with Gasteiger partial charge in [0.2, 0.25) is 0 Å². The third-order valence-corrected chi connectivity index (χ3v) is 7.25. The summed E-state index contributed by atoms with van der Waals surface area (Å²) in [6.45, 7) is 0. The van der Waals surface area contributed by atoms with Crippen molar-refractivity contribution in [1.29, 1.82) is 0 Å². The summed E-state index contributed by atoms with van der Waals surface area (Å²) in [5.41, 5.74) is 5.08. The summed E-state index contributed by atoms with van der Waals surface area (Å²) >= 11 is 0. The van der Waals surface area contributed by atoms with Crippen LogP contribution in [0.5, 0.6) is 0 Å². The number of anilines is 5. The Bertz CT molecular complexity index is 1930. The molecular formula is C36H25FN2. The van der Waals surface area contributed by atoms with Gasteiger partial charge in [-0.3, -0.25) is 0 Å². The second-order valence-electron chi connectivity index (χ2n) is 9.64. The lowest BCUT2D eigenvalue weighted by Gasteiger charge is -2.28. The van der Waals surface area contributed by atoms with E-state index in [1.165, 1.54) is 28.3 Å². The monoisotopic (exact) mass is 504 g/mol. The van der Waals surface area contributed by atoms with E-state index in [0.717, 1.165) is 44.6 Å². The third kappa shape index (κ3) is 4.14. The van der Waals surface area contributed by atoms with E-state index >= 15 is 0 Å². The predicted molar refractivity (Wildman–Crippen MR) is 163 cm³/mol. The van der Waals surface area contributed by atoms with Gasteiger partial charge in [0.15, 0.2) is 0 Å². The molecule has 0 saturated heterocycles. The van der Waals surface area contributed by atoms with Gasteiger partial charge >= 0.3 is 0 Å². The van der Waals surface area contributed by atoms with Crippen LogP contribution in [0.3, 0.4) is 0 Å². The van der Waals surface area contributed by atoms with Gasteiger partial charge in [-0.1, -0.05) is 84.9 Å². The fourth-order valence-electron chi connectivity index (χ4n) is 5.49. The van der Waals surface area contributed by atoms with Gasteiger partial charge in [0.05, 0.1) is 5.69 Å². The van der Waals surface area contributed by atoms with Gasteiger partial charge in [-0.2, -0.15) is 0 Å². The van der Waals surface area contributed by atoms with Gasteiger partial charge in [-0.25, -0.2) is 4.39 Å². The third-order valence-electron chi connectivity index (χ3n) is 7.25. The first-order valence-corrected chi connectivity index (χ1v) is 13.1. The van der Waals surface area contributed by atoms with Crippen LogP contribution in [0.1, 0.15) is 0 Å². The van der Waals surface area contributed by atoms with Crippen molar-refractivity contribution in [1.82, 2.24) is 0 Å². The molecule has 0 amide bonds. The summed E-state index contributed by atoms with van der Waals surface area (Å²) in [5.74, 6) is -0.250. The van der Waals surface area contributed by atoms with Crippen molar-refractivity contribution in [3.8, 4) is 0 Å². The Balaban J connectivity index is 1.55. The number of nitrogens with zero attached hydrogens (tertiary/aromatic N) is 1. The van der Waals surface area contributed by atoms with Gasteiger partial charge in [-0.15, -0.1) is 0 Å². The summed E-state index contributed by atoms with van der Waals surface area (Å²) in [6, 6.07) is 48.9. The van der Waals surface area contributed by atoms with Crippen molar-refractivity contribution >= 4 is 60.8 Å².